The first-order valence-corrected chi connectivity index (χ1v) is 7.26. The molecule has 1 amide bonds. The molecule has 0 unspecified atom stereocenters. The molecular weight excluding hydrogens is 288 g/mol. The minimum Gasteiger partial charge on any atom is -0.496 e. The SMILES string of the molecule is COc1cc(CNC(=O)C2(N)CCCCC2)ccc1C.Cl. The van der Waals surface area contributed by atoms with Gasteiger partial charge in [-0.05, 0) is 37.0 Å². The van der Waals surface area contributed by atoms with E-state index in [2.05, 4.69) is 5.32 Å². The van der Waals surface area contributed by atoms with Crippen LogP contribution in [0.2, 0.25) is 0 Å². The molecule has 0 radical (unpaired) electrons. The van der Waals surface area contributed by atoms with Crippen molar-refractivity contribution in [1.29, 1.82) is 0 Å². The predicted octanol–water partition coefficient (Wildman–Crippen LogP) is 2.70. The number of nitrogens with two attached hydrogens (primary N) is 1. The number of hydrogen-bond donors (Lipinski definition) is 2. The minimum atomic E-state index is -0.674. The summed E-state index contributed by atoms with van der Waals surface area (Å²) in [5.74, 6) is 0.814. The van der Waals surface area contributed by atoms with Gasteiger partial charge in [0.05, 0.1) is 12.6 Å². The maximum atomic E-state index is 12.2. The highest BCUT2D eigenvalue weighted by molar-refractivity contribution is 5.86. The third-order valence-electron chi connectivity index (χ3n) is 4.12. The normalized spacial score (nSPS) is 16.7. The molecule has 0 bridgehead atoms. The summed E-state index contributed by atoms with van der Waals surface area (Å²) in [5.41, 5.74) is 7.65. The second-order valence-electron chi connectivity index (χ2n) is 5.70. The lowest BCUT2D eigenvalue weighted by atomic mass is 9.82. The lowest BCUT2D eigenvalue weighted by molar-refractivity contribution is -0.127. The molecule has 1 aromatic rings. The first-order valence-electron chi connectivity index (χ1n) is 7.26. The second-order valence-corrected chi connectivity index (χ2v) is 5.70. The molecule has 21 heavy (non-hydrogen) atoms. The van der Waals surface area contributed by atoms with E-state index in [-0.39, 0.29) is 18.3 Å². The highest BCUT2D eigenvalue weighted by Gasteiger charge is 2.34. The number of benzene rings is 1. The molecule has 1 fully saturated rings. The summed E-state index contributed by atoms with van der Waals surface area (Å²) in [5, 5.41) is 2.96. The minimum absolute atomic E-state index is 0. The zero-order chi connectivity index (χ0) is 14.6. The number of rotatable bonds is 4. The van der Waals surface area contributed by atoms with Crippen molar-refractivity contribution in [2.24, 2.45) is 5.73 Å². The predicted molar refractivity (Wildman–Crippen MR) is 86.8 cm³/mol. The van der Waals surface area contributed by atoms with Crippen LogP contribution in [-0.4, -0.2) is 18.6 Å². The van der Waals surface area contributed by atoms with Gasteiger partial charge in [-0.25, -0.2) is 0 Å². The van der Waals surface area contributed by atoms with E-state index in [0.717, 1.165) is 42.6 Å². The van der Waals surface area contributed by atoms with E-state index in [4.69, 9.17) is 10.5 Å². The molecule has 1 aliphatic rings. The number of amides is 1. The Labute approximate surface area is 132 Å². The van der Waals surface area contributed by atoms with Crippen LogP contribution in [0.3, 0.4) is 0 Å². The van der Waals surface area contributed by atoms with E-state index >= 15 is 0 Å². The van der Waals surface area contributed by atoms with Crippen LogP contribution in [0.4, 0.5) is 0 Å². The number of carbonyl (C=O) groups excluding carboxylic acids is 1. The van der Waals surface area contributed by atoms with E-state index in [1.165, 1.54) is 6.42 Å². The van der Waals surface area contributed by atoms with Crippen molar-refractivity contribution in [3.8, 4) is 5.75 Å². The van der Waals surface area contributed by atoms with Crippen molar-refractivity contribution in [2.75, 3.05) is 7.11 Å². The van der Waals surface area contributed by atoms with Gasteiger partial charge in [-0.15, -0.1) is 12.4 Å². The van der Waals surface area contributed by atoms with Crippen molar-refractivity contribution < 1.29 is 9.53 Å². The Hall–Kier alpha value is -1.26. The zero-order valence-corrected chi connectivity index (χ0v) is 13.6. The molecule has 3 N–H and O–H groups in total. The molecule has 0 atom stereocenters. The molecule has 1 aliphatic carbocycles. The summed E-state index contributed by atoms with van der Waals surface area (Å²) in [4.78, 5) is 12.2. The van der Waals surface area contributed by atoms with Crippen LogP contribution >= 0.6 is 12.4 Å². The summed E-state index contributed by atoms with van der Waals surface area (Å²) in [6.45, 7) is 2.49. The van der Waals surface area contributed by atoms with Crippen LogP contribution in [0.15, 0.2) is 18.2 Å². The molecule has 1 aromatic carbocycles. The third-order valence-corrected chi connectivity index (χ3v) is 4.12. The zero-order valence-electron chi connectivity index (χ0n) is 12.8. The smallest absolute Gasteiger partial charge is 0.240 e. The monoisotopic (exact) mass is 312 g/mol. The average Bonchev–Trinajstić information content (AvgIpc) is 2.46. The molecule has 0 saturated heterocycles. The molecule has 0 heterocycles. The van der Waals surface area contributed by atoms with Crippen LogP contribution in [0.25, 0.3) is 0 Å². The topological polar surface area (TPSA) is 64.3 Å². The van der Waals surface area contributed by atoms with Crippen LogP contribution < -0.4 is 15.8 Å². The number of carbonyl (C=O) groups is 1. The Kier molecular flexibility index (Phi) is 6.49. The van der Waals surface area contributed by atoms with Crippen molar-refractivity contribution in [3.63, 3.8) is 0 Å². The number of methoxy groups -OCH3 is 1. The number of ether oxygens (including phenoxy) is 1. The summed E-state index contributed by atoms with van der Waals surface area (Å²) in [7, 11) is 1.65. The summed E-state index contributed by atoms with van der Waals surface area (Å²) in [6, 6.07) is 5.96. The Morgan fingerprint density at radius 2 is 2.00 bits per heavy atom. The molecule has 118 valence electrons. The molecule has 0 spiro atoms. The molecule has 2 rings (SSSR count). The largest absolute Gasteiger partial charge is 0.496 e. The van der Waals surface area contributed by atoms with Gasteiger partial charge in [-0.2, -0.15) is 0 Å². The highest BCUT2D eigenvalue weighted by atomic mass is 35.5. The van der Waals surface area contributed by atoms with Crippen molar-refractivity contribution in [1.82, 2.24) is 5.32 Å². The van der Waals surface area contributed by atoms with Crippen LogP contribution in [0, 0.1) is 6.92 Å². The van der Waals surface area contributed by atoms with E-state index in [1.807, 2.05) is 25.1 Å². The van der Waals surface area contributed by atoms with Gasteiger partial charge in [0.25, 0.3) is 0 Å². The quantitative estimate of drug-likeness (QED) is 0.898. The molecule has 0 aliphatic heterocycles. The lowest BCUT2D eigenvalue weighted by Crippen LogP contribution is -2.54. The number of nitrogens with one attached hydrogen (secondary N) is 1. The number of aryl methyl sites for hydroxylation is 1. The summed E-state index contributed by atoms with van der Waals surface area (Å²) < 4.78 is 5.29. The third kappa shape index (κ3) is 4.35. The first-order chi connectivity index (χ1) is 9.55. The highest BCUT2D eigenvalue weighted by Crippen LogP contribution is 2.26. The summed E-state index contributed by atoms with van der Waals surface area (Å²) in [6.07, 6.45) is 4.85. The fraction of sp³-hybridized carbons (Fsp3) is 0.562. The molecule has 4 nitrogen and oxygen atoms in total. The van der Waals surface area contributed by atoms with E-state index in [9.17, 15) is 4.79 Å². The van der Waals surface area contributed by atoms with Gasteiger partial charge in [-0.3, -0.25) is 4.79 Å². The number of halogens is 1. The van der Waals surface area contributed by atoms with Crippen LogP contribution in [-0.2, 0) is 11.3 Å². The fourth-order valence-corrected chi connectivity index (χ4v) is 2.74. The maximum Gasteiger partial charge on any atom is 0.240 e. The lowest BCUT2D eigenvalue weighted by Gasteiger charge is -2.31. The molecule has 1 saturated carbocycles. The Balaban J connectivity index is 0.00000220. The van der Waals surface area contributed by atoms with Gasteiger partial charge >= 0.3 is 0 Å². The fourth-order valence-electron chi connectivity index (χ4n) is 2.74. The van der Waals surface area contributed by atoms with Crippen molar-refractivity contribution >= 4 is 18.3 Å². The molecular formula is C16H25ClN2O2. The van der Waals surface area contributed by atoms with Crippen LogP contribution in [0.1, 0.15) is 43.2 Å². The van der Waals surface area contributed by atoms with Gasteiger partial charge in [0.15, 0.2) is 0 Å². The van der Waals surface area contributed by atoms with E-state index < -0.39 is 5.54 Å². The standard InChI is InChI=1S/C16H24N2O2.ClH/c1-12-6-7-13(10-14(12)20-2)11-18-15(19)16(17)8-4-3-5-9-16;/h6-7,10H,3-5,8-9,11,17H2,1-2H3,(H,18,19);1H. The Morgan fingerprint density at radius 3 is 2.62 bits per heavy atom. The van der Waals surface area contributed by atoms with Crippen molar-refractivity contribution in [2.45, 2.75) is 51.1 Å². The van der Waals surface area contributed by atoms with Gasteiger partial charge in [0, 0.05) is 6.54 Å². The van der Waals surface area contributed by atoms with Gasteiger partial charge < -0.3 is 15.8 Å². The Bertz CT molecular complexity index is 485. The Morgan fingerprint density at radius 1 is 1.33 bits per heavy atom. The van der Waals surface area contributed by atoms with Crippen LogP contribution in [0.5, 0.6) is 5.75 Å². The average molecular weight is 313 g/mol. The second kappa shape index (κ2) is 7.66. The molecule has 0 aromatic heterocycles. The van der Waals surface area contributed by atoms with E-state index in [0.29, 0.717) is 6.54 Å². The van der Waals surface area contributed by atoms with Gasteiger partial charge in [0.1, 0.15) is 5.75 Å². The first kappa shape index (κ1) is 17.8. The maximum absolute atomic E-state index is 12.2. The van der Waals surface area contributed by atoms with Gasteiger partial charge in [0.2, 0.25) is 5.91 Å². The van der Waals surface area contributed by atoms with Crippen molar-refractivity contribution in [3.05, 3.63) is 29.3 Å². The number of hydrogen-bond acceptors (Lipinski definition) is 3. The molecule has 5 heteroatoms. The summed E-state index contributed by atoms with van der Waals surface area (Å²) >= 11 is 0. The van der Waals surface area contributed by atoms with E-state index in [1.54, 1.807) is 7.11 Å². The van der Waals surface area contributed by atoms with Gasteiger partial charge in [-0.1, -0.05) is 31.4 Å².